The zero-order valence-corrected chi connectivity index (χ0v) is 15.4. The van der Waals surface area contributed by atoms with Crippen molar-refractivity contribution in [3.8, 4) is 11.3 Å². The first-order valence-corrected chi connectivity index (χ1v) is 9.33. The highest BCUT2D eigenvalue weighted by Gasteiger charge is 2.15. The number of hydrogen-bond donors (Lipinski definition) is 0. The van der Waals surface area contributed by atoms with Gasteiger partial charge in [0.25, 0.3) is 0 Å². The Balaban J connectivity index is 1.98. The summed E-state index contributed by atoms with van der Waals surface area (Å²) in [6.45, 7) is 4.22. The lowest BCUT2D eigenvalue weighted by Crippen LogP contribution is -1.93. The molecule has 0 fully saturated rings. The molecule has 0 bridgehead atoms. The molecule has 2 aromatic heterocycles. The van der Waals surface area contributed by atoms with E-state index >= 15 is 0 Å². The highest BCUT2D eigenvalue weighted by atomic mass is 32.1. The second kappa shape index (κ2) is 6.23. The molecule has 0 spiro atoms. The van der Waals surface area contributed by atoms with E-state index in [1.807, 2.05) is 13.0 Å². The molecule has 4 rings (SSSR count). The molecule has 0 saturated carbocycles. The quantitative estimate of drug-likeness (QED) is 0.432. The highest BCUT2D eigenvalue weighted by Crippen LogP contribution is 2.39. The molecule has 2 heterocycles. The molecule has 0 aliphatic carbocycles. The van der Waals surface area contributed by atoms with Crippen LogP contribution in [0.5, 0.6) is 0 Å². The fourth-order valence-electron chi connectivity index (χ4n) is 3.38. The van der Waals surface area contributed by atoms with Crippen molar-refractivity contribution in [3.05, 3.63) is 59.4 Å². The molecule has 0 radical (unpaired) electrons. The lowest BCUT2D eigenvalue weighted by atomic mass is 10.0. The third-order valence-electron chi connectivity index (χ3n) is 4.34. The number of hydrogen-bond acceptors (Lipinski definition) is 3. The maximum Gasteiger partial charge on any atom is 0.116 e. The van der Waals surface area contributed by atoms with Crippen molar-refractivity contribution in [3.63, 3.8) is 0 Å². The van der Waals surface area contributed by atoms with Gasteiger partial charge in [-0.25, -0.2) is 9.97 Å². The first-order chi connectivity index (χ1) is 13.2. The summed E-state index contributed by atoms with van der Waals surface area (Å²) in [4.78, 5) is 9.10. The molecule has 0 N–H and O–H groups in total. The van der Waals surface area contributed by atoms with Gasteiger partial charge in [0.05, 0.1) is 15.9 Å². The van der Waals surface area contributed by atoms with Crippen LogP contribution in [0.4, 0.5) is 0 Å². The summed E-state index contributed by atoms with van der Waals surface area (Å²) >= 11 is 1.71. The standard InChI is InChI=1S/C22H22N2S/c1-13(2)8-16-6-5-7-18-20-22(25-21(16)18)19(23-12-24-20)17-10-14(3)9-15(4)11-17/h5-7,9-13H,8H2,1-4H3/i3D3. The van der Waals surface area contributed by atoms with Crippen LogP contribution in [0, 0.1) is 19.7 Å². The van der Waals surface area contributed by atoms with Crippen LogP contribution < -0.4 is 0 Å². The van der Waals surface area contributed by atoms with Crippen LogP contribution in [0.3, 0.4) is 0 Å². The van der Waals surface area contributed by atoms with E-state index in [-0.39, 0.29) is 0 Å². The molecular formula is C22H22N2S. The van der Waals surface area contributed by atoms with Gasteiger partial charge in [-0.05, 0) is 43.8 Å². The van der Waals surface area contributed by atoms with Crippen molar-refractivity contribution < 1.29 is 4.11 Å². The Hall–Kier alpha value is -2.26. The molecule has 0 unspecified atom stereocenters. The van der Waals surface area contributed by atoms with Crippen LogP contribution in [-0.4, -0.2) is 9.97 Å². The molecule has 0 aliphatic heterocycles. The second-order valence-corrected chi connectivity index (χ2v) is 8.00. The van der Waals surface area contributed by atoms with E-state index in [1.54, 1.807) is 29.8 Å². The summed E-state index contributed by atoms with van der Waals surface area (Å²) in [6.07, 6.45) is 2.59. The summed E-state index contributed by atoms with van der Waals surface area (Å²) in [6, 6.07) is 11.8. The van der Waals surface area contributed by atoms with E-state index < -0.39 is 6.85 Å². The van der Waals surface area contributed by atoms with Crippen LogP contribution in [0.1, 0.15) is 34.7 Å². The third-order valence-corrected chi connectivity index (χ3v) is 5.62. The Bertz CT molecular complexity index is 1180. The maximum absolute atomic E-state index is 7.78. The number of aryl methyl sites for hydroxylation is 2. The average molecular weight is 350 g/mol. The molecule has 3 heteroatoms. The molecule has 0 amide bonds. The fourth-order valence-corrected chi connectivity index (χ4v) is 4.67. The topological polar surface area (TPSA) is 25.8 Å². The predicted octanol–water partition coefficient (Wildman–Crippen LogP) is 6.33. The van der Waals surface area contributed by atoms with Crippen molar-refractivity contribution in [1.29, 1.82) is 0 Å². The third kappa shape index (κ3) is 2.93. The van der Waals surface area contributed by atoms with Gasteiger partial charge in [-0.1, -0.05) is 49.2 Å². The Morgan fingerprint density at radius 3 is 2.72 bits per heavy atom. The summed E-state index contributed by atoms with van der Waals surface area (Å²) in [5, 5.41) is 1.14. The fraction of sp³-hybridized carbons (Fsp3) is 0.273. The zero-order chi connectivity index (χ0) is 20.1. The van der Waals surface area contributed by atoms with E-state index in [1.165, 1.54) is 10.3 Å². The number of fused-ring (bicyclic) bond motifs is 3. The minimum absolute atomic E-state index is 0.343. The molecule has 0 aliphatic rings. The number of nitrogens with zero attached hydrogens (tertiary/aromatic N) is 2. The second-order valence-electron chi connectivity index (χ2n) is 6.98. The minimum atomic E-state index is -2.14. The van der Waals surface area contributed by atoms with Crippen LogP contribution in [0.15, 0.2) is 42.7 Å². The molecule has 0 saturated heterocycles. The normalized spacial score (nSPS) is 14.0. The van der Waals surface area contributed by atoms with Gasteiger partial charge in [-0.2, -0.15) is 0 Å². The maximum atomic E-state index is 7.78. The molecule has 0 atom stereocenters. The van der Waals surface area contributed by atoms with Crippen molar-refractivity contribution in [2.24, 2.45) is 5.92 Å². The van der Waals surface area contributed by atoms with Gasteiger partial charge in [0, 0.05) is 19.8 Å². The van der Waals surface area contributed by atoms with E-state index in [0.29, 0.717) is 11.5 Å². The number of aromatic nitrogens is 2. The van der Waals surface area contributed by atoms with Gasteiger partial charge in [0.1, 0.15) is 6.33 Å². The Kier molecular flexibility index (Phi) is 3.24. The minimum Gasteiger partial charge on any atom is -0.235 e. The van der Waals surface area contributed by atoms with Crippen molar-refractivity contribution in [2.45, 2.75) is 34.0 Å². The van der Waals surface area contributed by atoms with Gasteiger partial charge < -0.3 is 0 Å². The number of rotatable bonds is 3. The lowest BCUT2D eigenvalue weighted by Gasteiger charge is -2.05. The SMILES string of the molecule is [2H]C([2H])([2H])c1cc(C)cc(-c2ncnc3c2sc2c(CC(C)C)cccc23)c1. The molecule has 4 aromatic rings. The van der Waals surface area contributed by atoms with Crippen LogP contribution in [0.25, 0.3) is 31.6 Å². The monoisotopic (exact) mass is 349 g/mol. The van der Waals surface area contributed by atoms with Crippen LogP contribution in [0.2, 0.25) is 0 Å². The van der Waals surface area contributed by atoms with Gasteiger partial charge in [-0.3, -0.25) is 0 Å². The molecule has 2 nitrogen and oxygen atoms in total. The van der Waals surface area contributed by atoms with E-state index in [2.05, 4.69) is 42.0 Å². The first kappa shape index (κ1) is 13.0. The Morgan fingerprint density at radius 1 is 1.08 bits per heavy atom. The predicted molar refractivity (Wildman–Crippen MR) is 108 cm³/mol. The molecule has 126 valence electrons. The van der Waals surface area contributed by atoms with Gasteiger partial charge in [0.2, 0.25) is 0 Å². The zero-order valence-electron chi connectivity index (χ0n) is 17.6. The lowest BCUT2D eigenvalue weighted by molar-refractivity contribution is 0.650. The smallest absolute Gasteiger partial charge is 0.116 e. The number of benzene rings is 2. The Morgan fingerprint density at radius 2 is 1.92 bits per heavy atom. The van der Waals surface area contributed by atoms with Crippen molar-refractivity contribution in [2.75, 3.05) is 0 Å². The average Bonchev–Trinajstić information content (AvgIpc) is 3.00. The van der Waals surface area contributed by atoms with Gasteiger partial charge in [-0.15, -0.1) is 11.3 Å². The van der Waals surface area contributed by atoms with E-state index in [0.717, 1.165) is 38.8 Å². The molecule has 25 heavy (non-hydrogen) atoms. The van der Waals surface area contributed by atoms with Gasteiger partial charge >= 0.3 is 0 Å². The van der Waals surface area contributed by atoms with Crippen molar-refractivity contribution in [1.82, 2.24) is 9.97 Å². The summed E-state index contributed by atoms with van der Waals surface area (Å²) < 4.78 is 25.6. The molecule has 2 aromatic carbocycles. The number of thiophene rings is 1. The summed E-state index contributed by atoms with van der Waals surface area (Å²) in [7, 11) is 0. The summed E-state index contributed by atoms with van der Waals surface area (Å²) in [5.41, 5.74) is 5.15. The van der Waals surface area contributed by atoms with Crippen molar-refractivity contribution >= 4 is 31.6 Å². The van der Waals surface area contributed by atoms with Crippen LogP contribution >= 0.6 is 11.3 Å². The largest absolute Gasteiger partial charge is 0.235 e. The Labute approximate surface area is 156 Å². The summed E-state index contributed by atoms with van der Waals surface area (Å²) in [5.74, 6) is 0.569. The van der Waals surface area contributed by atoms with Crippen LogP contribution in [-0.2, 0) is 6.42 Å². The first-order valence-electron chi connectivity index (χ1n) is 10.0. The van der Waals surface area contributed by atoms with E-state index in [4.69, 9.17) is 4.11 Å². The molecular weight excluding hydrogens is 324 g/mol. The highest BCUT2D eigenvalue weighted by molar-refractivity contribution is 7.26. The van der Waals surface area contributed by atoms with E-state index in [9.17, 15) is 0 Å². The van der Waals surface area contributed by atoms with Gasteiger partial charge in [0.15, 0.2) is 0 Å².